The lowest BCUT2D eigenvalue weighted by atomic mass is 10.4. The van der Waals surface area contributed by atoms with Gasteiger partial charge in [-0.05, 0) is 20.8 Å². The molecule has 2 heterocycles. The van der Waals surface area contributed by atoms with Gasteiger partial charge in [0, 0.05) is 32.9 Å². The van der Waals surface area contributed by atoms with Gasteiger partial charge in [-0.15, -0.1) is 0 Å². The summed E-state index contributed by atoms with van der Waals surface area (Å²) in [5.74, 6) is 1.16. The molecule has 9 heteroatoms. The highest BCUT2D eigenvalue weighted by atomic mass is 32.2. The smallest absolute Gasteiger partial charge is 0.244 e. The molecular weight excluding hydrogens is 316 g/mol. The van der Waals surface area contributed by atoms with Crippen molar-refractivity contribution >= 4 is 15.8 Å². The van der Waals surface area contributed by atoms with E-state index in [1.165, 1.54) is 0 Å². The second-order valence-corrected chi connectivity index (χ2v) is 7.33. The first-order chi connectivity index (χ1) is 10.6. The molecule has 0 aliphatic rings. The maximum atomic E-state index is 12.5. The summed E-state index contributed by atoms with van der Waals surface area (Å²) in [6.45, 7) is 5.28. The topological polar surface area (TPSA) is 93.0 Å². The maximum absolute atomic E-state index is 12.5. The van der Waals surface area contributed by atoms with Crippen LogP contribution in [0.4, 0.5) is 5.82 Å². The lowest BCUT2D eigenvalue weighted by Gasteiger charge is -2.13. The minimum Gasteiger partial charge on any atom is -0.363 e. The van der Waals surface area contributed by atoms with Gasteiger partial charge in [0.1, 0.15) is 16.5 Å². The van der Waals surface area contributed by atoms with Gasteiger partial charge in [-0.2, -0.15) is 5.10 Å². The van der Waals surface area contributed by atoms with Crippen LogP contribution in [0.5, 0.6) is 0 Å². The Bertz CT molecular complexity index is 826. The van der Waals surface area contributed by atoms with E-state index in [4.69, 9.17) is 0 Å². The van der Waals surface area contributed by atoms with Crippen LogP contribution in [-0.2, 0) is 23.6 Å². The van der Waals surface area contributed by atoms with Crippen LogP contribution in [0.2, 0.25) is 0 Å². The summed E-state index contributed by atoms with van der Waals surface area (Å²) >= 11 is 0. The normalized spacial score (nSPS) is 11.7. The molecule has 0 aliphatic heterocycles. The van der Waals surface area contributed by atoms with Crippen molar-refractivity contribution in [2.75, 3.05) is 19.0 Å². The van der Waals surface area contributed by atoms with Gasteiger partial charge >= 0.3 is 0 Å². The fourth-order valence-electron chi connectivity index (χ4n) is 2.30. The molecule has 23 heavy (non-hydrogen) atoms. The molecule has 8 nitrogen and oxygen atoms in total. The molecule has 0 bridgehead atoms. The summed E-state index contributed by atoms with van der Waals surface area (Å²) in [6.07, 6.45) is 0. The number of nitrogens with zero attached hydrogens (tertiary/aromatic N) is 5. The number of hydrogen-bond donors (Lipinski definition) is 1. The zero-order valence-electron chi connectivity index (χ0n) is 14.2. The standard InChI is InChI=1S/C14H22N6O2S/c1-9-7-13(19(4)5)17-12(16-9)8-15-23(21,22)14-10(2)18-20(6)11(14)3/h7,15H,8H2,1-6H3. The molecule has 0 unspecified atom stereocenters. The average molecular weight is 338 g/mol. The molecule has 2 aromatic rings. The highest BCUT2D eigenvalue weighted by Crippen LogP contribution is 2.18. The molecule has 0 saturated heterocycles. The second-order valence-electron chi connectivity index (χ2n) is 5.63. The van der Waals surface area contributed by atoms with E-state index >= 15 is 0 Å². The van der Waals surface area contributed by atoms with Crippen molar-refractivity contribution in [3.05, 3.63) is 29.0 Å². The number of rotatable bonds is 5. The molecular formula is C14H22N6O2S. The zero-order valence-corrected chi connectivity index (χ0v) is 15.1. The number of hydrogen-bond acceptors (Lipinski definition) is 6. The Hall–Kier alpha value is -2.00. The van der Waals surface area contributed by atoms with Crippen LogP contribution in [0.3, 0.4) is 0 Å². The van der Waals surface area contributed by atoms with Gasteiger partial charge in [-0.1, -0.05) is 0 Å². The molecule has 0 fully saturated rings. The van der Waals surface area contributed by atoms with Crippen LogP contribution >= 0.6 is 0 Å². The van der Waals surface area contributed by atoms with Gasteiger partial charge in [0.15, 0.2) is 0 Å². The van der Waals surface area contributed by atoms with E-state index < -0.39 is 10.0 Å². The van der Waals surface area contributed by atoms with Crippen molar-refractivity contribution in [3.8, 4) is 0 Å². The number of anilines is 1. The SMILES string of the molecule is Cc1cc(N(C)C)nc(CNS(=O)(=O)c2c(C)nn(C)c2C)n1. The Morgan fingerprint density at radius 2 is 1.87 bits per heavy atom. The number of aromatic nitrogens is 4. The average Bonchev–Trinajstić information content (AvgIpc) is 2.70. The molecule has 0 aromatic carbocycles. The molecule has 0 radical (unpaired) electrons. The predicted molar refractivity (Wildman–Crippen MR) is 87.8 cm³/mol. The van der Waals surface area contributed by atoms with Crippen LogP contribution in [0.15, 0.2) is 11.0 Å². The van der Waals surface area contributed by atoms with Crippen molar-refractivity contribution in [2.45, 2.75) is 32.2 Å². The lowest BCUT2D eigenvalue weighted by molar-refractivity contribution is 0.577. The minimum atomic E-state index is -3.67. The third-order valence-corrected chi connectivity index (χ3v) is 5.13. The fourth-order valence-corrected chi connectivity index (χ4v) is 3.71. The maximum Gasteiger partial charge on any atom is 0.244 e. The monoisotopic (exact) mass is 338 g/mol. The van der Waals surface area contributed by atoms with E-state index in [9.17, 15) is 8.42 Å². The van der Waals surface area contributed by atoms with E-state index in [0.29, 0.717) is 17.2 Å². The Morgan fingerprint density at radius 1 is 1.22 bits per heavy atom. The zero-order chi connectivity index (χ0) is 17.4. The van der Waals surface area contributed by atoms with Gasteiger partial charge in [-0.25, -0.2) is 23.1 Å². The molecule has 1 N–H and O–H groups in total. The van der Waals surface area contributed by atoms with E-state index in [1.54, 1.807) is 25.6 Å². The summed E-state index contributed by atoms with van der Waals surface area (Å²) < 4.78 is 29.2. The number of nitrogens with one attached hydrogen (secondary N) is 1. The second kappa shape index (κ2) is 6.25. The van der Waals surface area contributed by atoms with Crippen molar-refractivity contribution < 1.29 is 8.42 Å². The molecule has 2 aromatic heterocycles. The van der Waals surface area contributed by atoms with Gasteiger partial charge in [-0.3, -0.25) is 4.68 Å². The summed E-state index contributed by atoms with van der Waals surface area (Å²) in [6, 6.07) is 1.84. The Labute approximate surface area is 136 Å². The molecule has 0 aliphatic carbocycles. The van der Waals surface area contributed by atoms with Gasteiger partial charge in [0.05, 0.1) is 17.9 Å². The van der Waals surface area contributed by atoms with Gasteiger partial charge in [0.2, 0.25) is 10.0 Å². The van der Waals surface area contributed by atoms with Crippen molar-refractivity contribution in [1.29, 1.82) is 0 Å². The van der Waals surface area contributed by atoms with Crippen molar-refractivity contribution in [3.63, 3.8) is 0 Å². The predicted octanol–water partition coefficient (Wildman–Crippen LogP) is 0.680. The third kappa shape index (κ3) is 3.67. The first-order valence-corrected chi connectivity index (χ1v) is 8.62. The Balaban J connectivity index is 2.26. The molecule has 0 saturated carbocycles. The fraction of sp³-hybridized carbons (Fsp3) is 0.500. The number of aryl methyl sites for hydroxylation is 3. The van der Waals surface area contributed by atoms with E-state index in [2.05, 4.69) is 19.8 Å². The Morgan fingerprint density at radius 3 is 2.39 bits per heavy atom. The van der Waals surface area contributed by atoms with Crippen molar-refractivity contribution in [1.82, 2.24) is 24.5 Å². The van der Waals surface area contributed by atoms with E-state index in [1.807, 2.05) is 32.0 Å². The van der Waals surface area contributed by atoms with Gasteiger partial charge in [0.25, 0.3) is 0 Å². The minimum absolute atomic E-state index is 0.0264. The highest BCUT2D eigenvalue weighted by molar-refractivity contribution is 7.89. The van der Waals surface area contributed by atoms with E-state index in [0.717, 1.165) is 11.5 Å². The van der Waals surface area contributed by atoms with Crippen molar-refractivity contribution in [2.24, 2.45) is 7.05 Å². The molecule has 0 spiro atoms. The van der Waals surface area contributed by atoms with Crippen LogP contribution < -0.4 is 9.62 Å². The summed E-state index contributed by atoms with van der Waals surface area (Å²) in [4.78, 5) is 10.7. The molecule has 0 amide bonds. The number of sulfonamides is 1. The summed E-state index contributed by atoms with van der Waals surface area (Å²) in [5.41, 5.74) is 1.84. The summed E-state index contributed by atoms with van der Waals surface area (Å²) in [7, 11) is 1.79. The van der Waals surface area contributed by atoms with Crippen LogP contribution in [0.1, 0.15) is 22.9 Å². The molecule has 0 atom stereocenters. The van der Waals surface area contributed by atoms with Crippen LogP contribution in [0.25, 0.3) is 0 Å². The first-order valence-electron chi connectivity index (χ1n) is 7.13. The Kier molecular flexibility index (Phi) is 4.71. The third-order valence-electron chi connectivity index (χ3n) is 3.48. The first kappa shape index (κ1) is 17.4. The summed E-state index contributed by atoms with van der Waals surface area (Å²) in [5, 5.41) is 4.14. The lowest BCUT2D eigenvalue weighted by Crippen LogP contribution is -2.26. The largest absolute Gasteiger partial charge is 0.363 e. The molecule has 2 rings (SSSR count). The quantitative estimate of drug-likeness (QED) is 0.862. The van der Waals surface area contributed by atoms with E-state index in [-0.39, 0.29) is 11.4 Å². The molecule has 126 valence electrons. The highest BCUT2D eigenvalue weighted by Gasteiger charge is 2.23. The van der Waals surface area contributed by atoms with Gasteiger partial charge < -0.3 is 4.90 Å². The van der Waals surface area contributed by atoms with Crippen LogP contribution in [0, 0.1) is 20.8 Å². The van der Waals surface area contributed by atoms with Crippen LogP contribution in [-0.4, -0.2) is 42.3 Å².